The summed E-state index contributed by atoms with van der Waals surface area (Å²) < 4.78 is 2.66. The molecular weight excluding hydrogens is 232 g/mol. The van der Waals surface area contributed by atoms with Gasteiger partial charge in [0, 0.05) is 23.5 Å². The summed E-state index contributed by atoms with van der Waals surface area (Å²) in [5, 5.41) is 0. The molecule has 0 aliphatic heterocycles. The van der Waals surface area contributed by atoms with Crippen molar-refractivity contribution in [2.75, 3.05) is 0 Å². The zero-order valence-corrected chi connectivity index (χ0v) is 12.5. The van der Waals surface area contributed by atoms with E-state index in [4.69, 9.17) is 5.73 Å². The minimum atomic E-state index is 0.286. The topological polar surface area (TPSA) is 30.9 Å². The Morgan fingerprint density at radius 3 is 2.79 bits per heavy atom. The number of hydrogen-bond acceptors (Lipinski definition) is 1. The van der Waals surface area contributed by atoms with E-state index < -0.39 is 0 Å². The summed E-state index contributed by atoms with van der Waals surface area (Å²) in [5.74, 6) is 0.916. The molecule has 0 aromatic carbocycles. The molecule has 0 saturated heterocycles. The predicted octanol–water partition coefficient (Wildman–Crippen LogP) is 4.27. The van der Waals surface area contributed by atoms with Crippen LogP contribution in [0.3, 0.4) is 0 Å². The highest BCUT2D eigenvalue weighted by atomic mass is 15.0. The lowest BCUT2D eigenvalue weighted by Crippen LogP contribution is -2.20. The van der Waals surface area contributed by atoms with Crippen LogP contribution in [0.4, 0.5) is 0 Å². The van der Waals surface area contributed by atoms with E-state index in [1.54, 1.807) is 5.69 Å². The molecule has 3 atom stereocenters. The van der Waals surface area contributed by atoms with Gasteiger partial charge in [0.25, 0.3) is 0 Å². The van der Waals surface area contributed by atoms with Gasteiger partial charge in [-0.1, -0.05) is 19.8 Å². The van der Waals surface area contributed by atoms with Gasteiger partial charge in [0.1, 0.15) is 0 Å². The summed E-state index contributed by atoms with van der Waals surface area (Å²) in [7, 11) is 0. The highest BCUT2D eigenvalue weighted by Crippen LogP contribution is 2.37. The number of rotatable bonds is 1. The first-order valence-corrected chi connectivity index (χ1v) is 8.13. The number of nitrogens with zero attached hydrogens (tertiary/aromatic N) is 1. The molecule has 2 aliphatic carbocycles. The van der Waals surface area contributed by atoms with Crippen LogP contribution >= 0.6 is 0 Å². The Labute approximate surface area is 117 Å². The van der Waals surface area contributed by atoms with Gasteiger partial charge >= 0.3 is 0 Å². The van der Waals surface area contributed by atoms with Gasteiger partial charge in [-0.15, -0.1) is 0 Å². The third-order valence-electron chi connectivity index (χ3n) is 5.29. The molecule has 2 nitrogen and oxygen atoms in total. The van der Waals surface area contributed by atoms with Crippen molar-refractivity contribution in [1.29, 1.82) is 0 Å². The molecule has 0 amide bonds. The van der Waals surface area contributed by atoms with Crippen LogP contribution in [-0.4, -0.2) is 4.57 Å². The van der Waals surface area contributed by atoms with Crippen molar-refractivity contribution < 1.29 is 0 Å². The van der Waals surface area contributed by atoms with Crippen LogP contribution in [0.1, 0.15) is 80.9 Å². The largest absolute Gasteiger partial charge is 0.346 e. The number of nitrogens with two attached hydrogens (primary N) is 1. The van der Waals surface area contributed by atoms with Crippen LogP contribution in [-0.2, 0) is 6.42 Å². The summed E-state index contributed by atoms with van der Waals surface area (Å²) >= 11 is 0. The van der Waals surface area contributed by atoms with Gasteiger partial charge in [0.2, 0.25) is 0 Å². The van der Waals surface area contributed by atoms with Gasteiger partial charge in [-0.05, 0) is 63.0 Å². The van der Waals surface area contributed by atoms with Crippen molar-refractivity contribution in [2.24, 2.45) is 11.7 Å². The van der Waals surface area contributed by atoms with E-state index in [1.165, 1.54) is 56.2 Å². The molecule has 1 fully saturated rings. The smallest absolute Gasteiger partial charge is 0.0336 e. The van der Waals surface area contributed by atoms with Crippen LogP contribution in [0.25, 0.3) is 0 Å². The highest BCUT2D eigenvalue weighted by molar-refractivity contribution is 5.33. The van der Waals surface area contributed by atoms with Gasteiger partial charge in [-0.2, -0.15) is 0 Å². The van der Waals surface area contributed by atoms with Crippen molar-refractivity contribution in [3.05, 3.63) is 23.0 Å². The standard InChI is InChI=1S/C17H28N2/c1-12-5-3-6-14(10-9-12)19-13(2)11-15-16(18)7-4-8-17(15)19/h11-12,14,16H,3-10,18H2,1-2H3. The Morgan fingerprint density at radius 2 is 1.95 bits per heavy atom. The fourth-order valence-corrected chi connectivity index (χ4v) is 4.19. The van der Waals surface area contributed by atoms with Crippen molar-refractivity contribution >= 4 is 0 Å². The first-order valence-electron chi connectivity index (χ1n) is 8.13. The minimum absolute atomic E-state index is 0.286. The average molecular weight is 260 g/mol. The molecule has 1 aromatic heterocycles. The molecule has 1 aromatic rings. The molecule has 3 rings (SSSR count). The second-order valence-corrected chi connectivity index (χ2v) is 6.82. The van der Waals surface area contributed by atoms with E-state index in [1.807, 2.05) is 0 Å². The molecule has 2 heteroatoms. The zero-order valence-electron chi connectivity index (χ0n) is 12.5. The van der Waals surface area contributed by atoms with Crippen molar-refractivity contribution in [3.63, 3.8) is 0 Å². The maximum Gasteiger partial charge on any atom is 0.0336 e. The van der Waals surface area contributed by atoms with Crippen molar-refractivity contribution in [3.8, 4) is 0 Å². The van der Waals surface area contributed by atoms with E-state index >= 15 is 0 Å². The van der Waals surface area contributed by atoms with Gasteiger partial charge in [-0.3, -0.25) is 0 Å². The number of fused-ring (bicyclic) bond motifs is 1. The van der Waals surface area contributed by atoms with E-state index in [9.17, 15) is 0 Å². The Kier molecular flexibility index (Phi) is 3.70. The fraction of sp³-hybridized carbons (Fsp3) is 0.765. The maximum absolute atomic E-state index is 6.30. The van der Waals surface area contributed by atoms with Crippen LogP contribution in [0.2, 0.25) is 0 Å². The summed E-state index contributed by atoms with van der Waals surface area (Å²) in [4.78, 5) is 0. The third-order valence-corrected chi connectivity index (χ3v) is 5.29. The van der Waals surface area contributed by atoms with Gasteiger partial charge in [-0.25, -0.2) is 0 Å². The molecule has 2 aliphatic rings. The Morgan fingerprint density at radius 1 is 1.11 bits per heavy atom. The second-order valence-electron chi connectivity index (χ2n) is 6.82. The van der Waals surface area contributed by atoms with Crippen LogP contribution < -0.4 is 5.73 Å². The molecule has 2 N–H and O–H groups in total. The maximum atomic E-state index is 6.30. The lowest BCUT2D eigenvalue weighted by molar-refractivity contribution is 0.408. The van der Waals surface area contributed by atoms with Crippen LogP contribution in [0.15, 0.2) is 6.07 Å². The zero-order chi connectivity index (χ0) is 13.4. The minimum Gasteiger partial charge on any atom is -0.346 e. The monoisotopic (exact) mass is 260 g/mol. The molecule has 0 radical (unpaired) electrons. The Bertz CT molecular complexity index is 446. The molecular formula is C17H28N2. The highest BCUT2D eigenvalue weighted by Gasteiger charge is 2.26. The van der Waals surface area contributed by atoms with E-state index in [0.717, 1.165) is 18.4 Å². The van der Waals surface area contributed by atoms with E-state index in [-0.39, 0.29) is 6.04 Å². The molecule has 0 spiro atoms. The van der Waals surface area contributed by atoms with Gasteiger partial charge in [0.15, 0.2) is 0 Å². The van der Waals surface area contributed by atoms with E-state index in [2.05, 4.69) is 24.5 Å². The SMILES string of the molecule is Cc1cc2c(n1C1CCCC(C)CC1)CCCC2N. The molecule has 19 heavy (non-hydrogen) atoms. The summed E-state index contributed by atoms with van der Waals surface area (Å²) in [5.41, 5.74) is 10.8. The first-order chi connectivity index (χ1) is 9.16. The number of aryl methyl sites for hydroxylation is 1. The van der Waals surface area contributed by atoms with Gasteiger partial charge < -0.3 is 10.3 Å². The van der Waals surface area contributed by atoms with Crippen molar-refractivity contribution in [2.45, 2.75) is 77.3 Å². The lowest BCUT2D eigenvalue weighted by atomic mass is 9.93. The quantitative estimate of drug-likeness (QED) is 0.751. The fourth-order valence-electron chi connectivity index (χ4n) is 4.19. The Hall–Kier alpha value is -0.760. The van der Waals surface area contributed by atoms with Crippen molar-refractivity contribution in [1.82, 2.24) is 4.57 Å². The summed E-state index contributed by atoms with van der Waals surface area (Å²) in [6, 6.07) is 3.39. The second kappa shape index (κ2) is 5.32. The predicted molar refractivity (Wildman–Crippen MR) is 80.3 cm³/mol. The summed E-state index contributed by atoms with van der Waals surface area (Å²) in [6.07, 6.45) is 10.6. The number of aromatic nitrogens is 1. The average Bonchev–Trinajstić information content (AvgIpc) is 2.57. The molecule has 1 saturated carbocycles. The normalized spacial score (nSPS) is 31.8. The Balaban J connectivity index is 1.91. The van der Waals surface area contributed by atoms with Crippen LogP contribution in [0.5, 0.6) is 0 Å². The number of hydrogen-bond donors (Lipinski definition) is 1. The third kappa shape index (κ3) is 2.47. The van der Waals surface area contributed by atoms with E-state index in [0.29, 0.717) is 0 Å². The summed E-state index contributed by atoms with van der Waals surface area (Å²) in [6.45, 7) is 4.69. The van der Waals surface area contributed by atoms with Gasteiger partial charge in [0.05, 0.1) is 0 Å². The van der Waals surface area contributed by atoms with Crippen LogP contribution in [0, 0.1) is 12.8 Å². The molecule has 106 valence electrons. The molecule has 0 bridgehead atoms. The first kappa shape index (κ1) is 13.2. The lowest BCUT2D eigenvalue weighted by Gasteiger charge is -2.26. The molecule has 3 unspecified atom stereocenters. The molecule has 1 heterocycles.